The van der Waals surface area contributed by atoms with Crippen LogP contribution in [0.5, 0.6) is 0 Å². The lowest BCUT2D eigenvalue weighted by Gasteiger charge is -2.10. The summed E-state index contributed by atoms with van der Waals surface area (Å²) in [7, 11) is 3.30. The Hall–Kier alpha value is -2.11. The van der Waals surface area contributed by atoms with Gasteiger partial charge in [0, 0.05) is 33.1 Å². The molecule has 92 valence electrons. The first kappa shape index (κ1) is 13.0. The molecular formula is C11H15N3O3. The second-order valence-corrected chi connectivity index (χ2v) is 3.72. The first-order valence-electron chi connectivity index (χ1n) is 5.18. The maximum absolute atomic E-state index is 11.5. The minimum absolute atomic E-state index is 0.0631. The lowest BCUT2D eigenvalue weighted by Crippen LogP contribution is -2.31. The highest BCUT2D eigenvalue weighted by Gasteiger charge is 2.07. The fourth-order valence-electron chi connectivity index (χ4n) is 1.18. The van der Waals surface area contributed by atoms with Gasteiger partial charge in [-0.15, -0.1) is 0 Å². The van der Waals surface area contributed by atoms with Crippen molar-refractivity contribution in [2.24, 2.45) is 0 Å². The Bertz CT molecular complexity index is 465. The van der Waals surface area contributed by atoms with Crippen LogP contribution < -0.4 is 10.9 Å². The van der Waals surface area contributed by atoms with Crippen molar-refractivity contribution >= 4 is 11.8 Å². The number of H-pyrrole nitrogens is 1. The van der Waals surface area contributed by atoms with E-state index in [-0.39, 0.29) is 30.1 Å². The van der Waals surface area contributed by atoms with E-state index in [0.717, 1.165) is 0 Å². The third-order valence-corrected chi connectivity index (χ3v) is 2.14. The highest BCUT2D eigenvalue weighted by atomic mass is 16.2. The van der Waals surface area contributed by atoms with Crippen molar-refractivity contribution in [1.29, 1.82) is 0 Å². The number of hydrogen-bond donors (Lipinski definition) is 2. The molecule has 17 heavy (non-hydrogen) atoms. The number of hydrogen-bond acceptors (Lipinski definition) is 3. The van der Waals surface area contributed by atoms with Gasteiger partial charge in [-0.05, 0) is 6.07 Å². The normalized spacial score (nSPS) is 9.76. The summed E-state index contributed by atoms with van der Waals surface area (Å²) in [5.74, 6) is -0.457. The number of pyridine rings is 1. The van der Waals surface area contributed by atoms with Gasteiger partial charge in [0.2, 0.25) is 11.5 Å². The largest absolute Gasteiger partial charge is 0.350 e. The zero-order valence-electron chi connectivity index (χ0n) is 9.82. The van der Waals surface area contributed by atoms with Crippen molar-refractivity contribution in [2.45, 2.75) is 6.42 Å². The monoisotopic (exact) mass is 237 g/mol. The average Bonchev–Trinajstić information content (AvgIpc) is 2.28. The van der Waals surface area contributed by atoms with Crippen LogP contribution in [0.3, 0.4) is 0 Å². The second-order valence-electron chi connectivity index (χ2n) is 3.72. The molecule has 0 fully saturated rings. The van der Waals surface area contributed by atoms with E-state index in [1.807, 2.05) is 0 Å². The highest BCUT2D eigenvalue weighted by molar-refractivity contribution is 5.92. The molecule has 0 atom stereocenters. The number of rotatable bonds is 4. The summed E-state index contributed by atoms with van der Waals surface area (Å²) >= 11 is 0. The van der Waals surface area contributed by atoms with Crippen LogP contribution in [-0.4, -0.2) is 42.3 Å². The van der Waals surface area contributed by atoms with E-state index < -0.39 is 5.91 Å². The molecule has 0 aliphatic carbocycles. The summed E-state index contributed by atoms with van der Waals surface area (Å²) in [5, 5.41) is 2.56. The standard InChI is InChI=1S/C11H15N3O3/c1-14(2)10(16)6-7-12-11(17)8-4-3-5-9(15)13-8/h3-5H,6-7H2,1-2H3,(H,12,17)(H,13,15). The van der Waals surface area contributed by atoms with Gasteiger partial charge in [-0.25, -0.2) is 0 Å². The van der Waals surface area contributed by atoms with Crippen molar-refractivity contribution in [3.63, 3.8) is 0 Å². The molecule has 0 unspecified atom stereocenters. The Kier molecular flexibility index (Phi) is 4.45. The summed E-state index contributed by atoms with van der Waals surface area (Å²) in [6, 6.07) is 4.33. The Balaban J connectivity index is 2.46. The third-order valence-electron chi connectivity index (χ3n) is 2.14. The molecule has 1 aromatic heterocycles. The summed E-state index contributed by atoms with van der Waals surface area (Å²) in [4.78, 5) is 37.6. The molecular weight excluding hydrogens is 222 g/mol. The van der Waals surface area contributed by atoms with E-state index in [4.69, 9.17) is 0 Å². The van der Waals surface area contributed by atoms with Gasteiger partial charge in [0.05, 0.1) is 0 Å². The number of amides is 2. The van der Waals surface area contributed by atoms with Crippen molar-refractivity contribution < 1.29 is 9.59 Å². The number of aromatic amines is 1. The fourth-order valence-corrected chi connectivity index (χ4v) is 1.18. The zero-order chi connectivity index (χ0) is 12.8. The molecule has 0 aliphatic heterocycles. The Morgan fingerprint density at radius 2 is 2.06 bits per heavy atom. The first-order chi connectivity index (χ1) is 8.00. The van der Waals surface area contributed by atoms with Gasteiger partial charge in [-0.3, -0.25) is 14.4 Å². The van der Waals surface area contributed by atoms with Crippen LogP contribution in [0, 0.1) is 0 Å². The minimum atomic E-state index is -0.394. The van der Waals surface area contributed by atoms with Crippen molar-refractivity contribution in [3.8, 4) is 0 Å². The first-order valence-corrected chi connectivity index (χ1v) is 5.18. The second kappa shape index (κ2) is 5.83. The van der Waals surface area contributed by atoms with Crippen LogP contribution in [0.4, 0.5) is 0 Å². The number of nitrogens with one attached hydrogen (secondary N) is 2. The molecule has 0 bridgehead atoms. The van der Waals surface area contributed by atoms with Crippen LogP contribution >= 0.6 is 0 Å². The van der Waals surface area contributed by atoms with E-state index in [1.54, 1.807) is 14.1 Å². The van der Waals surface area contributed by atoms with Crippen LogP contribution in [0.25, 0.3) is 0 Å². The molecule has 2 amide bonds. The molecule has 6 heteroatoms. The van der Waals surface area contributed by atoms with E-state index in [1.165, 1.54) is 23.1 Å². The minimum Gasteiger partial charge on any atom is -0.350 e. The molecule has 0 saturated heterocycles. The smallest absolute Gasteiger partial charge is 0.267 e. The van der Waals surface area contributed by atoms with Gasteiger partial charge in [-0.2, -0.15) is 0 Å². The van der Waals surface area contributed by atoms with E-state index >= 15 is 0 Å². The van der Waals surface area contributed by atoms with E-state index in [2.05, 4.69) is 10.3 Å². The lowest BCUT2D eigenvalue weighted by atomic mass is 10.3. The number of carbonyl (C=O) groups excluding carboxylic acids is 2. The van der Waals surface area contributed by atoms with Gasteiger partial charge in [0.25, 0.3) is 5.91 Å². The fraction of sp³-hybridized carbons (Fsp3) is 0.364. The summed E-state index contributed by atoms with van der Waals surface area (Å²) in [5.41, 5.74) is -0.142. The predicted octanol–water partition coefficient (Wildman–Crippen LogP) is -0.417. The van der Waals surface area contributed by atoms with Crippen molar-refractivity contribution in [3.05, 3.63) is 34.2 Å². The molecule has 1 rings (SSSR count). The van der Waals surface area contributed by atoms with Crippen molar-refractivity contribution in [2.75, 3.05) is 20.6 Å². The Morgan fingerprint density at radius 3 is 2.65 bits per heavy atom. The molecule has 2 N–H and O–H groups in total. The van der Waals surface area contributed by atoms with Crippen LogP contribution in [0.1, 0.15) is 16.9 Å². The number of nitrogens with zero attached hydrogens (tertiary/aromatic N) is 1. The maximum atomic E-state index is 11.5. The number of carbonyl (C=O) groups is 2. The Morgan fingerprint density at radius 1 is 1.35 bits per heavy atom. The molecule has 0 saturated carbocycles. The molecule has 6 nitrogen and oxygen atoms in total. The zero-order valence-corrected chi connectivity index (χ0v) is 9.82. The third kappa shape index (κ3) is 4.10. The van der Waals surface area contributed by atoms with Gasteiger partial charge in [0.1, 0.15) is 5.69 Å². The molecule has 0 spiro atoms. The quantitative estimate of drug-likeness (QED) is 0.746. The number of aromatic nitrogens is 1. The maximum Gasteiger partial charge on any atom is 0.267 e. The van der Waals surface area contributed by atoms with Crippen LogP contribution in [0.2, 0.25) is 0 Å². The van der Waals surface area contributed by atoms with E-state index in [0.29, 0.717) is 0 Å². The van der Waals surface area contributed by atoms with Gasteiger partial charge < -0.3 is 15.2 Å². The van der Waals surface area contributed by atoms with Gasteiger partial charge in [-0.1, -0.05) is 6.07 Å². The molecule has 0 radical (unpaired) electrons. The summed E-state index contributed by atoms with van der Waals surface area (Å²) < 4.78 is 0. The molecule has 1 heterocycles. The highest BCUT2D eigenvalue weighted by Crippen LogP contribution is 1.91. The van der Waals surface area contributed by atoms with Crippen LogP contribution in [-0.2, 0) is 4.79 Å². The topological polar surface area (TPSA) is 82.3 Å². The van der Waals surface area contributed by atoms with Gasteiger partial charge in [0.15, 0.2) is 0 Å². The molecule has 1 aromatic rings. The van der Waals surface area contributed by atoms with Gasteiger partial charge >= 0.3 is 0 Å². The lowest BCUT2D eigenvalue weighted by molar-refractivity contribution is -0.128. The van der Waals surface area contributed by atoms with Crippen LogP contribution in [0.15, 0.2) is 23.0 Å². The molecule has 0 aromatic carbocycles. The summed E-state index contributed by atoms with van der Waals surface area (Å²) in [6.45, 7) is 0.243. The van der Waals surface area contributed by atoms with E-state index in [9.17, 15) is 14.4 Å². The predicted molar refractivity (Wildman–Crippen MR) is 62.7 cm³/mol. The summed E-state index contributed by atoms with van der Waals surface area (Å²) in [6.07, 6.45) is 0.232. The SMILES string of the molecule is CN(C)C(=O)CCNC(=O)c1cccc(=O)[nH]1. The molecule has 0 aliphatic rings. The van der Waals surface area contributed by atoms with Crippen molar-refractivity contribution in [1.82, 2.24) is 15.2 Å². The Labute approximate surface area is 98.6 Å². The average molecular weight is 237 g/mol.